The molecule has 45 heavy (non-hydrogen) atoms. The molecule has 0 aromatic heterocycles. The van der Waals surface area contributed by atoms with Crippen LogP contribution in [0.5, 0.6) is 0 Å². The molecular weight excluding hydrogens is 574 g/mol. The summed E-state index contributed by atoms with van der Waals surface area (Å²) in [5.74, 6) is -1.54. The molecule has 228 valence electrons. The van der Waals surface area contributed by atoms with E-state index in [4.69, 9.17) is 0 Å². The van der Waals surface area contributed by atoms with E-state index >= 15 is 0 Å². The van der Waals surface area contributed by atoms with Crippen LogP contribution < -0.4 is 10.6 Å². The molecule has 2 N–H and O–H groups in total. The van der Waals surface area contributed by atoms with Crippen molar-refractivity contribution in [3.8, 4) is 0 Å². The van der Waals surface area contributed by atoms with Gasteiger partial charge in [-0.15, -0.1) is 0 Å². The van der Waals surface area contributed by atoms with E-state index in [2.05, 4.69) is 10.6 Å². The molecule has 0 fully saturated rings. The van der Waals surface area contributed by atoms with Crippen LogP contribution in [0.25, 0.3) is 21.5 Å². The van der Waals surface area contributed by atoms with Crippen LogP contribution in [-0.2, 0) is 12.8 Å². The van der Waals surface area contributed by atoms with Crippen molar-refractivity contribution in [3.05, 3.63) is 98.1 Å². The van der Waals surface area contributed by atoms with Gasteiger partial charge in [0.1, 0.15) is 0 Å². The highest BCUT2D eigenvalue weighted by atomic mass is 16.6. The Hall–Kier alpha value is -5.00. The number of nitrogens with zero attached hydrogens (tertiary/aromatic N) is 3. The molecule has 4 aromatic rings. The number of hydrogen-bond acceptors (Lipinski definition) is 8. The Morgan fingerprint density at radius 3 is 1.73 bits per heavy atom. The van der Waals surface area contributed by atoms with E-state index in [1.165, 1.54) is 28.2 Å². The Kier molecular flexibility index (Phi) is 6.94. The third-order valence-electron chi connectivity index (χ3n) is 9.21. The number of imide groups is 2. The molecule has 0 unspecified atom stereocenters. The van der Waals surface area contributed by atoms with Gasteiger partial charge in [0.2, 0.25) is 0 Å². The largest absolute Gasteiger partial charge is 0.313 e. The highest BCUT2D eigenvalue weighted by Gasteiger charge is 2.38. The summed E-state index contributed by atoms with van der Waals surface area (Å²) in [6.45, 7) is 5.31. The lowest BCUT2D eigenvalue weighted by molar-refractivity contribution is -0.384. The van der Waals surface area contributed by atoms with Crippen LogP contribution in [0.1, 0.15) is 66.4 Å². The van der Waals surface area contributed by atoms with Crippen molar-refractivity contribution >= 4 is 50.9 Å². The number of nitro benzene ring substituents is 1. The van der Waals surface area contributed by atoms with Crippen molar-refractivity contribution in [2.75, 3.05) is 26.2 Å². The predicted molar refractivity (Wildman–Crippen MR) is 168 cm³/mol. The minimum Gasteiger partial charge on any atom is -0.313 e. The molecule has 0 radical (unpaired) electrons. The Labute approximate surface area is 258 Å². The SMILES string of the molecule is C[C@@H](CNCCNC[C@H](C)N1C(=O)c2ccc3c4c(ccc(c24)C1=O)CC3)N1C(=O)c2cccc3cc([N+](=O)[O-])cc(c23)C1=O. The van der Waals surface area contributed by atoms with Crippen LogP contribution in [-0.4, -0.2) is 76.6 Å². The lowest BCUT2D eigenvalue weighted by atomic mass is 9.90. The van der Waals surface area contributed by atoms with Gasteiger partial charge in [-0.2, -0.15) is 0 Å². The third-order valence-corrected chi connectivity index (χ3v) is 9.21. The van der Waals surface area contributed by atoms with E-state index in [9.17, 15) is 29.3 Å². The Morgan fingerprint density at radius 1 is 0.689 bits per heavy atom. The van der Waals surface area contributed by atoms with E-state index < -0.39 is 22.8 Å². The van der Waals surface area contributed by atoms with Crippen molar-refractivity contribution in [2.45, 2.75) is 38.8 Å². The molecule has 0 saturated heterocycles. The fourth-order valence-electron chi connectivity index (χ4n) is 7.04. The molecule has 11 heteroatoms. The summed E-state index contributed by atoms with van der Waals surface area (Å²) < 4.78 is 0. The summed E-state index contributed by atoms with van der Waals surface area (Å²) in [6, 6.07) is 14.4. The maximum Gasteiger partial charge on any atom is 0.270 e. The van der Waals surface area contributed by atoms with Crippen LogP contribution in [0.4, 0.5) is 5.69 Å². The third kappa shape index (κ3) is 4.49. The molecule has 7 rings (SSSR count). The molecule has 11 nitrogen and oxygen atoms in total. The zero-order valence-electron chi connectivity index (χ0n) is 24.9. The fraction of sp³-hybridized carbons (Fsp3) is 0.294. The first-order valence-corrected chi connectivity index (χ1v) is 15.1. The molecule has 0 spiro atoms. The maximum atomic E-state index is 13.5. The van der Waals surface area contributed by atoms with Crippen LogP contribution in [0.3, 0.4) is 0 Å². The highest BCUT2D eigenvalue weighted by molar-refractivity contribution is 6.27. The summed E-state index contributed by atoms with van der Waals surface area (Å²) >= 11 is 0. The van der Waals surface area contributed by atoms with Crippen molar-refractivity contribution in [1.29, 1.82) is 0 Å². The van der Waals surface area contributed by atoms with E-state index in [1.807, 2.05) is 31.2 Å². The van der Waals surface area contributed by atoms with E-state index in [0.29, 0.717) is 53.6 Å². The number of carbonyl (C=O) groups excluding carboxylic acids is 4. The molecule has 1 aliphatic carbocycles. The van der Waals surface area contributed by atoms with Gasteiger partial charge in [0, 0.05) is 77.9 Å². The number of amides is 4. The van der Waals surface area contributed by atoms with Gasteiger partial charge in [-0.05, 0) is 66.8 Å². The predicted octanol–water partition coefficient (Wildman–Crippen LogP) is 3.85. The van der Waals surface area contributed by atoms with Crippen molar-refractivity contribution in [1.82, 2.24) is 20.4 Å². The summed E-state index contributed by atoms with van der Waals surface area (Å²) in [5.41, 5.74) is 3.81. The van der Waals surface area contributed by atoms with Gasteiger partial charge in [-0.3, -0.25) is 39.1 Å². The molecule has 2 aliphatic heterocycles. The lowest BCUT2D eigenvalue weighted by Crippen LogP contribution is -2.51. The second kappa shape index (κ2) is 10.9. The second-order valence-corrected chi connectivity index (χ2v) is 12.0. The van der Waals surface area contributed by atoms with Gasteiger partial charge < -0.3 is 10.6 Å². The molecule has 0 saturated carbocycles. The first kappa shape index (κ1) is 28.8. The Bertz CT molecular complexity index is 1930. The molecule has 2 heterocycles. The van der Waals surface area contributed by atoms with E-state index in [-0.39, 0.29) is 29.1 Å². The topological polar surface area (TPSA) is 142 Å². The summed E-state index contributed by atoms with van der Waals surface area (Å²) in [4.78, 5) is 67.1. The van der Waals surface area contributed by atoms with Crippen molar-refractivity contribution in [3.63, 3.8) is 0 Å². The number of nitrogens with one attached hydrogen (secondary N) is 2. The van der Waals surface area contributed by atoms with Gasteiger partial charge in [-0.1, -0.05) is 24.3 Å². The van der Waals surface area contributed by atoms with Crippen LogP contribution in [0.2, 0.25) is 0 Å². The maximum absolute atomic E-state index is 13.5. The number of aryl methyl sites for hydroxylation is 2. The van der Waals surface area contributed by atoms with Gasteiger partial charge in [0.05, 0.1) is 10.5 Å². The average Bonchev–Trinajstić information content (AvgIpc) is 3.45. The van der Waals surface area contributed by atoms with E-state index in [1.54, 1.807) is 25.1 Å². The first-order valence-electron chi connectivity index (χ1n) is 15.1. The quantitative estimate of drug-likeness (QED) is 0.120. The van der Waals surface area contributed by atoms with Crippen LogP contribution >= 0.6 is 0 Å². The number of rotatable bonds is 10. The van der Waals surface area contributed by atoms with Crippen molar-refractivity contribution < 1.29 is 24.1 Å². The van der Waals surface area contributed by atoms with Gasteiger partial charge in [0.15, 0.2) is 0 Å². The molecule has 2 atom stereocenters. The number of hydrogen-bond donors (Lipinski definition) is 2. The van der Waals surface area contributed by atoms with Gasteiger partial charge in [0.25, 0.3) is 29.3 Å². The minimum atomic E-state index is -0.559. The average molecular weight is 606 g/mol. The standard InChI is InChI=1S/C34H31N5O6/c1-18(37-32(41)25-10-8-20-6-7-21-9-11-26(33(37)42)30(25)28(20)21)16-35-12-13-36-17-19(2)38-31(40)24-5-3-4-22-14-23(39(44)45)15-27(29(22)24)34(38)43/h3-5,8-11,14-15,18-19,35-36H,6-7,12-13,16-17H2,1-2H3/t18-,19-/m0/s1. The normalized spacial score (nSPS) is 16.7. The van der Waals surface area contributed by atoms with Gasteiger partial charge in [-0.25, -0.2) is 0 Å². The minimum absolute atomic E-state index is 0.145. The Morgan fingerprint density at radius 2 is 1.20 bits per heavy atom. The van der Waals surface area contributed by atoms with Crippen molar-refractivity contribution in [2.24, 2.45) is 0 Å². The number of benzene rings is 4. The van der Waals surface area contributed by atoms with Gasteiger partial charge >= 0.3 is 0 Å². The number of nitro groups is 1. The molecule has 4 aromatic carbocycles. The molecule has 3 aliphatic rings. The monoisotopic (exact) mass is 605 g/mol. The number of carbonyl (C=O) groups is 4. The zero-order chi connectivity index (χ0) is 31.6. The fourth-order valence-corrected chi connectivity index (χ4v) is 7.04. The van der Waals surface area contributed by atoms with Crippen LogP contribution in [0.15, 0.2) is 54.6 Å². The molecular formula is C34H31N5O6. The second-order valence-electron chi connectivity index (χ2n) is 12.0. The summed E-state index contributed by atoms with van der Waals surface area (Å²) in [6.07, 6.45) is 1.85. The highest BCUT2D eigenvalue weighted by Crippen LogP contribution is 2.39. The molecule has 4 amide bonds. The lowest BCUT2D eigenvalue weighted by Gasteiger charge is -2.32. The summed E-state index contributed by atoms with van der Waals surface area (Å²) in [5, 5.41) is 20.8. The van der Waals surface area contributed by atoms with Crippen LogP contribution in [0, 0.1) is 10.1 Å². The number of non-ortho nitro benzene ring substituents is 1. The van der Waals surface area contributed by atoms with E-state index in [0.717, 1.165) is 28.5 Å². The Balaban J connectivity index is 0.952. The molecule has 0 bridgehead atoms. The smallest absolute Gasteiger partial charge is 0.270 e. The zero-order valence-corrected chi connectivity index (χ0v) is 24.9. The first-order chi connectivity index (χ1) is 21.7. The summed E-state index contributed by atoms with van der Waals surface area (Å²) in [7, 11) is 0.